The molecule has 1 unspecified atom stereocenters. The number of carbonyl (C=O) groups excluding carboxylic acids is 1. The standard InChI is InChI=1S/C10H10ClNO5/c1-7(6-11)16-10(13)17-9-4-2-8(3-5-9)12(14)15/h2-5,7H,6H2,1H3. The number of non-ortho nitro benzene ring substituents is 1. The molecule has 0 aromatic heterocycles. The van der Waals surface area contributed by atoms with E-state index in [9.17, 15) is 14.9 Å². The zero-order chi connectivity index (χ0) is 12.8. The van der Waals surface area contributed by atoms with Crippen LogP contribution in [0.15, 0.2) is 24.3 Å². The predicted molar refractivity (Wildman–Crippen MR) is 60.4 cm³/mol. The highest BCUT2D eigenvalue weighted by molar-refractivity contribution is 6.18. The Morgan fingerprint density at radius 2 is 2.06 bits per heavy atom. The fraction of sp³-hybridized carbons (Fsp3) is 0.300. The molecule has 0 heterocycles. The van der Waals surface area contributed by atoms with Crippen molar-refractivity contribution in [1.29, 1.82) is 0 Å². The van der Waals surface area contributed by atoms with Gasteiger partial charge in [0.15, 0.2) is 0 Å². The second-order valence-corrected chi connectivity index (χ2v) is 3.49. The Labute approximate surface area is 102 Å². The van der Waals surface area contributed by atoms with Gasteiger partial charge in [0.05, 0.1) is 10.8 Å². The van der Waals surface area contributed by atoms with Gasteiger partial charge in [-0.25, -0.2) is 4.79 Å². The van der Waals surface area contributed by atoms with E-state index in [1.165, 1.54) is 24.3 Å². The first-order valence-electron chi connectivity index (χ1n) is 4.72. The van der Waals surface area contributed by atoms with Crippen molar-refractivity contribution >= 4 is 23.4 Å². The lowest BCUT2D eigenvalue weighted by molar-refractivity contribution is -0.384. The summed E-state index contributed by atoms with van der Waals surface area (Å²) in [6.45, 7) is 1.62. The first kappa shape index (κ1) is 13.2. The van der Waals surface area contributed by atoms with Crippen LogP contribution in [-0.4, -0.2) is 23.1 Å². The van der Waals surface area contributed by atoms with Crippen LogP contribution < -0.4 is 4.74 Å². The number of nitrogens with zero attached hydrogens (tertiary/aromatic N) is 1. The van der Waals surface area contributed by atoms with Crippen LogP contribution in [0.5, 0.6) is 5.75 Å². The van der Waals surface area contributed by atoms with E-state index >= 15 is 0 Å². The molecule has 1 aromatic rings. The van der Waals surface area contributed by atoms with Gasteiger partial charge in [0, 0.05) is 12.1 Å². The van der Waals surface area contributed by atoms with Crippen molar-refractivity contribution in [3.05, 3.63) is 34.4 Å². The molecule has 0 aliphatic heterocycles. The van der Waals surface area contributed by atoms with Crippen LogP contribution in [0, 0.1) is 10.1 Å². The molecule has 0 saturated heterocycles. The van der Waals surface area contributed by atoms with Crippen molar-refractivity contribution in [3.63, 3.8) is 0 Å². The Balaban J connectivity index is 2.57. The summed E-state index contributed by atoms with van der Waals surface area (Å²) in [6.07, 6.45) is -1.35. The van der Waals surface area contributed by atoms with Gasteiger partial charge < -0.3 is 9.47 Å². The summed E-state index contributed by atoms with van der Waals surface area (Å²) in [5.41, 5.74) is -0.0835. The molecule has 0 radical (unpaired) electrons. The minimum Gasteiger partial charge on any atom is -0.430 e. The van der Waals surface area contributed by atoms with Crippen molar-refractivity contribution < 1.29 is 19.2 Å². The summed E-state index contributed by atoms with van der Waals surface area (Å²) in [6, 6.07) is 5.08. The molecule has 0 spiro atoms. The highest BCUT2D eigenvalue weighted by Crippen LogP contribution is 2.17. The monoisotopic (exact) mass is 259 g/mol. The van der Waals surface area contributed by atoms with E-state index in [0.717, 1.165) is 0 Å². The van der Waals surface area contributed by atoms with Crippen molar-refractivity contribution in [2.45, 2.75) is 13.0 Å². The number of rotatable bonds is 4. The summed E-state index contributed by atoms with van der Waals surface area (Å²) in [5, 5.41) is 10.4. The van der Waals surface area contributed by atoms with Gasteiger partial charge in [-0.2, -0.15) is 0 Å². The van der Waals surface area contributed by atoms with Crippen LogP contribution in [0.4, 0.5) is 10.5 Å². The minimum absolute atomic E-state index is 0.0835. The van der Waals surface area contributed by atoms with Crippen LogP contribution in [0.1, 0.15) is 6.92 Å². The summed E-state index contributed by atoms with van der Waals surface area (Å²) < 4.78 is 9.53. The Bertz CT molecular complexity index is 406. The predicted octanol–water partition coefficient (Wildman–Crippen LogP) is 2.74. The SMILES string of the molecule is CC(CCl)OC(=O)Oc1ccc([N+](=O)[O-])cc1. The van der Waals surface area contributed by atoms with Crippen molar-refractivity contribution in [2.24, 2.45) is 0 Å². The molecule has 92 valence electrons. The van der Waals surface area contributed by atoms with E-state index in [4.69, 9.17) is 21.1 Å². The van der Waals surface area contributed by atoms with Gasteiger partial charge in [0.25, 0.3) is 5.69 Å². The summed E-state index contributed by atoms with van der Waals surface area (Å²) in [7, 11) is 0. The molecular weight excluding hydrogens is 250 g/mol. The summed E-state index contributed by atoms with van der Waals surface area (Å²) in [4.78, 5) is 21.0. The first-order chi connectivity index (χ1) is 8.02. The normalized spacial score (nSPS) is 11.6. The zero-order valence-corrected chi connectivity index (χ0v) is 9.72. The van der Waals surface area contributed by atoms with Crippen LogP contribution in [0.25, 0.3) is 0 Å². The minimum atomic E-state index is -0.896. The number of benzene rings is 1. The van der Waals surface area contributed by atoms with Gasteiger partial charge in [-0.15, -0.1) is 11.6 Å². The molecule has 0 bridgehead atoms. The number of hydrogen-bond acceptors (Lipinski definition) is 5. The molecule has 0 aliphatic rings. The maximum Gasteiger partial charge on any atom is 0.514 e. The van der Waals surface area contributed by atoms with Gasteiger partial charge in [0.1, 0.15) is 11.9 Å². The second kappa shape index (κ2) is 6.05. The van der Waals surface area contributed by atoms with Crippen molar-refractivity contribution in [2.75, 3.05) is 5.88 Å². The summed E-state index contributed by atoms with van der Waals surface area (Å²) >= 11 is 5.45. The number of nitro benzene ring substituents is 1. The Hall–Kier alpha value is -1.82. The largest absolute Gasteiger partial charge is 0.514 e. The number of hydrogen-bond donors (Lipinski definition) is 0. The lowest BCUT2D eigenvalue weighted by Gasteiger charge is -2.09. The maximum atomic E-state index is 11.2. The maximum absolute atomic E-state index is 11.2. The fourth-order valence-electron chi connectivity index (χ4n) is 0.952. The second-order valence-electron chi connectivity index (χ2n) is 3.19. The van der Waals surface area contributed by atoms with E-state index in [1.807, 2.05) is 0 Å². The average Bonchev–Trinajstić information content (AvgIpc) is 2.29. The van der Waals surface area contributed by atoms with Crippen LogP contribution in [0.3, 0.4) is 0 Å². The van der Waals surface area contributed by atoms with Crippen molar-refractivity contribution in [3.8, 4) is 5.75 Å². The van der Waals surface area contributed by atoms with E-state index in [0.29, 0.717) is 0 Å². The van der Waals surface area contributed by atoms with E-state index in [1.54, 1.807) is 6.92 Å². The molecule has 0 amide bonds. The lowest BCUT2D eigenvalue weighted by Crippen LogP contribution is -2.19. The van der Waals surface area contributed by atoms with Gasteiger partial charge in [-0.05, 0) is 19.1 Å². The first-order valence-corrected chi connectivity index (χ1v) is 5.25. The third-order valence-corrected chi connectivity index (χ3v) is 2.20. The zero-order valence-electron chi connectivity index (χ0n) is 8.96. The van der Waals surface area contributed by atoms with Gasteiger partial charge in [-0.3, -0.25) is 10.1 Å². The Kier molecular flexibility index (Phi) is 4.71. The number of carbonyl (C=O) groups is 1. The van der Waals surface area contributed by atoms with Gasteiger partial charge in [-0.1, -0.05) is 0 Å². The molecule has 17 heavy (non-hydrogen) atoms. The van der Waals surface area contributed by atoms with Crippen LogP contribution >= 0.6 is 11.6 Å². The van der Waals surface area contributed by atoms with E-state index in [2.05, 4.69) is 0 Å². The van der Waals surface area contributed by atoms with E-state index < -0.39 is 17.2 Å². The number of ether oxygens (including phenoxy) is 2. The number of nitro groups is 1. The summed E-state index contributed by atoms with van der Waals surface area (Å²) in [5.74, 6) is 0.331. The quantitative estimate of drug-likeness (QED) is 0.273. The fourth-order valence-corrected chi connectivity index (χ4v) is 1.01. The highest BCUT2D eigenvalue weighted by Gasteiger charge is 2.12. The number of alkyl halides is 1. The average molecular weight is 260 g/mol. The third-order valence-electron chi connectivity index (χ3n) is 1.76. The molecule has 0 fully saturated rings. The molecule has 0 aliphatic carbocycles. The lowest BCUT2D eigenvalue weighted by atomic mass is 10.3. The molecule has 0 N–H and O–H groups in total. The Morgan fingerprint density at radius 3 is 2.53 bits per heavy atom. The Morgan fingerprint density at radius 1 is 1.47 bits per heavy atom. The molecule has 0 saturated carbocycles. The van der Waals surface area contributed by atoms with E-state index in [-0.39, 0.29) is 17.3 Å². The molecule has 6 nitrogen and oxygen atoms in total. The molecule has 1 rings (SSSR count). The highest BCUT2D eigenvalue weighted by atomic mass is 35.5. The smallest absolute Gasteiger partial charge is 0.430 e. The molecular formula is C10H10ClNO5. The molecule has 1 atom stereocenters. The van der Waals surface area contributed by atoms with Gasteiger partial charge >= 0.3 is 6.16 Å². The third kappa shape index (κ3) is 4.28. The number of halogens is 1. The topological polar surface area (TPSA) is 78.7 Å². The van der Waals surface area contributed by atoms with Crippen LogP contribution in [0.2, 0.25) is 0 Å². The van der Waals surface area contributed by atoms with Gasteiger partial charge in [0.2, 0.25) is 0 Å². The van der Waals surface area contributed by atoms with Crippen molar-refractivity contribution in [1.82, 2.24) is 0 Å². The molecule has 1 aromatic carbocycles. The van der Waals surface area contributed by atoms with Crippen LogP contribution in [-0.2, 0) is 4.74 Å². The molecule has 7 heteroatoms.